The maximum Gasteiger partial charge on any atom is 0.291 e. The van der Waals surface area contributed by atoms with Crippen molar-refractivity contribution in [1.29, 1.82) is 0 Å². The van der Waals surface area contributed by atoms with E-state index < -0.39 is 0 Å². The summed E-state index contributed by atoms with van der Waals surface area (Å²) < 4.78 is 10.9. The number of furan rings is 1. The van der Waals surface area contributed by atoms with Gasteiger partial charge in [-0.15, -0.1) is 0 Å². The molecular weight excluding hydrogens is 320 g/mol. The average Bonchev–Trinajstić information content (AvgIpc) is 2.92. The fourth-order valence-electron chi connectivity index (χ4n) is 2.65. The smallest absolute Gasteiger partial charge is 0.291 e. The molecule has 1 aromatic heterocycles. The van der Waals surface area contributed by atoms with E-state index in [2.05, 4.69) is 10.6 Å². The molecule has 128 valence electrons. The normalized spacial score (nSPS) is 10.5. The van der Waals surface area contributed by atoms with E-state index in [1.165, 1.54) is 14.0 Å². The number of carbonyl (C=O) groups excluding carboxylic acids is 2. The van der Waals surface area contributed by atoms with E-state index >= 15 is 0 Å². The Kier molecular flexibility index (Phi) is 4.43. The van der Waals surface area contributed by atoms with Gasteiger partial charge in [-0.1, -0.05) is 18.2 Å². The van der Waals surface area contributed by atoms with Crippen LogP contribution in [0, 0.1) is 6.92 Å². The maximum atomic E-state index is 12.6. The molecule has 0 atom stereocenters. The first-order valence-corrected chi connectivity index (χ1v) is 7.74. The molecule has 0 radical (unpaired) electrons. The van der Waals surface area contributed by atoms with Gasteiger partial charge in [0.1, 0.15) is 11.3 Å². The van der Waals surface area contributed by atoms with Gasteiger partial charge >= 0.3 is 0 Å². The van der Waals surface area contributed by atoms with Crippen molar-refractivity contribution in [2.24, 2.45) is 0 Å². The molecule has 0 fully saturated rings. The van der Waals surface area contributed by atoms with E-state index in [-0.39, 0.29) is 17.6 Å². The third-order valence-corrected chi connectivity index (χ3v) is 3.82. The van der Waals surface area contributed by atoms with Crippen LogP contribution in [0.1, 0.15) is 23.0 Å². The van der Waals surface area contributed by atoms with E-state index in [1.54, 1.807) is 18.2 Å². The lowest BCUT2D eigenvalue weighted by Crippen LogP contribution is -2.13. The minimum Gasteiger partial charge on any atom is -0.495 e. The summed E-state index contributed by atoms with van der Waals surface area (Å²) in [5, 5.41) is 6.36. The van der Waals surface area contributed by atoms with Crippen LogP contribution in [-0.4, -0.2) is 18.9 Å². The van der Waals surface area contributed by atoms with Crippen molar-refractivity contribution < 1.29 is 18.7 Å². The van der Waals surface area contributed by atoms with Gasteiger partial charge in [0.25, 0.3) is 5.91 Å². The second-order valence-corrected chi connectivity index (χ2v) is 5.60. The van der Waals surface area contributed by atoms with Crippen LogP contribution in [0.4, 0.5) is 11.4 Å². The minimum absolute atomic E-state index is 0.227. The number of anilines is 2. The fraction of sp³-hybridized carbons (Fsp3) is 0.158. The lowest BCUT2D eigenvalue weighted by molar-refractivity contribution is -0.114. The van der Waals surface area contributed by atoms with E-state index in [4.69, 9.17) is 9.15 Å². The fourth-order valence-corrected chi connectivity index (χ4v) is 2.65. The number of hydrogen-bond acceptors (Lipinski definition) is 4. The number of amides is 2. The van der Waals surface area contributed by atoms with Gasteiger partial charge in [-0.05, 0) is 31.2 Å². The summed E-state index contributed by atoms with van der Waals surface area (Å²) in [6.07, 6.45) is 0. The van der Waals surface area contributed by atoms with Gasteiger partial charge in [-0.2, -0.15) is 0 Å². The predicted molar refractivity (Wildman–Crippen MR) is 96.2 cm³/mol. The number of nitrogens with one attached hydrogen (secondary N) is 2. The summed E-state index contributed by atoms with van der Waals surface area (Å²) >= 11 is 0. The van der Waals surface area contributed by atoms with E-state index in [9.17, 15) is 9.59 Å². The van der Waals surface area contributed by atoms with E-state index in [1.807, 2.05) is 31.2 Å². The molecule has 25 heavy (non-hydrogen) atoms. The van der Waals surface area contributed by atoms with Gasteiger partial charge in [0.05, 0.1) is 12.8 Å². The highest BCUT2D eigenvalue weighted by atomic mass is 16.5. The molecule has 6 nitrogen and oxygen atoms in total. The highest BCUT2D eigenvalue weighted by Crippen LogP contribution is 2.29. The molecule has 3 rings (SSSR count). The van der Waals surface area contributed by atoms with Crippen molar-refractivity contribution in [3.8, 4) is 5.75 Å². The number of fused-ring (bicyclic) bond motifs is 1. The topological polar surface area (TPSA) is 80.6 Å². The lowest BCUT2D eigenvalue weighted by Gasteiger charge is -2.11. The number of carbonyl (C=O) groups is 2. The van der Waals surface area contributed by atoms with E-state index in [0.29, 0.717) is 22.7 Å². The minimum atomic E-state index is -0.354. The van der Waals surface area contributed by atoms with Crippen LogP contribution in [0.15, 0.2) is 46.9 Å². The first-order chi connectivity index (χ1) is 12.0. The van der Waals surface area contributed by atoms with Gasteiger partial charge in [0.15, 0.2) is 5.76 Å². The standard InChI is InChI=1S/C19H18N2O4/c1-11-14-6-4-5-7-16(14)25-18(11)19(23)21-13-8-9-17(24-3)15(10-13)20-12(2)22/h4-10H,1-3H3,(H,20,22)(H,21,23). The molecule has 2 aromatic carbocycles. The molecule has 6 heteroatoms. The summed E-state index contributed by atoms with van der Waals surface area (Å²) in [5.74, 6) is 0.189. The number of para-hydroxylation sites is 1. The molecule has 0 saturated heterocycles. The second kappa shape index (κ2) is 6.68. The molecule has 0 spiro atoms. The van der Waals surface area contributed by atoms with Crippen molar-refractivity contribution in [2.75, 3.05) is 17.7 Å². The predicted octanol–water partition coefficient (Wildman–Crippen LogP) is 3.96. The zero-order chi connectivity index (χ0) is 18.0. The Morgan fingerprint density at radius 3 is 2.52 bits per heavy atom. The van der Waals surface area contributed by atoms with Crippen molar-refractivity contribution in [3.05, 3.63) is 53.8 Å². The number of benzene rings is 2. The van der Waals surface area contributed by atoms with Crippen molar-refractivity contribution >= 4 is 34.2 Å². The Labute approximate surface area is 144 Å². The van der Waals surface area contributed by atoms with Gasteiger partial charge < -0.3 is 19.8 Å². The van der Waals surface area contributed by atoms with Gasteiger partial charge in [-0.3, -0.25) is 9.59 Å². The molecule has 0 unspecified atom stereocenters. The van der Waals surface area contributed by atoms with Gasteiger partial charge in [0, 0.05) is 23.6 Å². The van der Waals surface area contributed by atoms with Crippen LogP contribution in [-0.2, 0) is 4.79 Å². The maximum absolute atomic E-state index is 12.6. The molecule has 3 aromatic rings. The van der Waals surface area contributed by atoms with E-state index in [0.717, 1.165) is 10.9 Å². The van der Waals surface area contributed by atoms with Crippen LogP contribution >= 0.6 is 0 Å². The quantitative estimate of drug-likeness (QED) is 0.754. The SMILES string of the molecule is COc1ccc(NC(=O)c2oc3ccccc3c2C)cc1NC(C)=O. The average molecular weight is 338 g/mol. The largest absolute Gasteiger partial charge is 0.495 e. The summed E-state index contributed by atoms with van der Waals surface area (Å²) in [6.45, 7) is 3.25. The Hall–Kier alpha value is -3.28. The number of ether oxygens (including phenoxy) is 1. The first-order valence-electron chi connectivity index (χ1n) is 7.74. The molecule has 0 aliphatic rings. The van der Waals surface area contributed by atoms with Crippen LogP contribution in [0.3, 0.4) is 0 Å². The number of methoxy groups -OCH3 is 1. The Balaban J connectivity index is 1.89. The van der Waals surface area contributed by atoms with Crippen LogP contribution < -0.4 is 15.4 Å². The summed E-state index contributed by atoms with van der Waals surface area (Å²) in [6, 6.07) is 12.5. The zero-order valence-electron chi connectivity index (χ0n) is 14.2. The van der Waals surface area contributed by atoms with Crippen LogP contribution in [0.25, 0.3) is 11.0 Å². The van der Waals surface area contributed by atoms with Crippen LogP contribution in [0.2, 0.25) is 0 Å². The zero-order valence-corrected chi connectivity index (χ0v) is 14.2. The third-order valence-electron chi connectivity index (χ3n) is 3.82. The van der Waals surface area contributed by atoms with Crippen LogP contribution in [0.5, 0.6) is 5.75 Å². The molecule has 1 heterocycles. The van der Waals surface area contributed by atoms with Crippen molar-refractivity contribution in [2.45, 2.75) is 13.8 Å². The molecule has 2 N–H and O–H groups in total. The monoisotopic (exact) mass is 338 g/mol. The number of hydrogen-bond donors (Lipinski definition) is 2. The summed E-state index contributed by atoms with van der Waals surface area (Å²) in [7, 11) is 1.51. The highest BCUT2D eigenvalue weighted by Gasteiger charge is 2.18. The molecule has 0 saturated carbocycles. The van der Waals surface area contributed by atoms with Gasteiger partial charge in [-0.25, -0.2) is 0 Å². The second-order valence-electron chi connectivity index (χ2n) is 5.60. The van der Waals surface area contributed by atoms with Crippen molar-refractivity contribution in [3.63, 3.8) is 0 Å². The molecular formula is C19H18N2O4. The highest BCUT2D eigenvalue weighted by molar-refractivity contribution is 6.06. The lowest BCUT2D eigenvalue weighted by atomic mass is 10.1. The number of rotatable bonds is 4. The Morgan fingerprint density at radius 1 is 1.08 bits per heavy atom. The number of aryl methyl sites for hydroxylation is 1. The Bertz CT molecular complexity index is 959. The molecule has 0 aliphatic heterocycles. The molecule has 2 amide bonds. The molecule has 0 aliphatic carbocycles. The summed E-state index contributed by atoms with van der Waals surface area (Å²) in [4.78, 5) is 23.9. The van der Waals surface area contributed by atoms with Crippen molar-refractivity contribution in [1.82, 2.24) is 0 Å². The summed E-state index contributed by atoms with van der Waals surface area (Å²) in [5.41, 5.74) is 2.45. The first kappa shape index (κ1) is 16.6. The third kappa shape index (κ3) is 3.33. The Morgan fingerprint density at radius 2 is 1.84 bits per heavy atom. The van der Waals surface area contributed by atoms with Gasteiger partial charge in [0.2, 0.25) is 5.91 Å². The molecule has 0 bridgehead atoms.